The first-order chi connectivity index (χ1) is 11.7. The van der Waals surface area contributed by atoms with Gasteiger partial charge in [-0.15, -0.1) is 0 Å². The van der Waals surface area contributed by atoms with Gasteiger partial charge in [-0.1, -0.05) is 13.2 Å². The lowest BCUT2D eigenvalue weighted by Gasteiger charge is -2.12. The van der Waals surface area contributed by atoms with Crippen LogP contribution in [0.15, 0.2) is 68.4 Å². The van der Waals surface area contributed by atoms with E-state index >= 15 is 0 Å². The molecule has 24 heavy (non-hydrogen) atoms. The van der Waals surface area contributed by atoms with Crippen molar-refractivity contribution in [3.05, 3.63) is 85.2 Å². The fourth-order valence-electron chi connectivity index (χ4n) is 2.23. The minimum absolute atomic E-state index is 0.577. The first-order valence-electron chi connectivity index (χ1n) is 7.46. The van der Waals surface area contributed by atoms with Crippen molar-refractivity contribution in [2.45, 2.75) is 6.54 Å². The van der Waals surface area contributed by atoms with Gasteiger partial charge in [-0.05, 0) is 24.3 Å². The molecule has 6 nitrogen and oxygen atoms in total. The molecule has 0 bridgehead atoms. The van der Waals surface area contributed by atoms with Gasteiger partial charge in [-0.25, -0.2) is 0 Å². The first kappa shape index (κ1) is 15.5. The summed E-state index contributed by atoms with van der Waals surface area (Å²) < 4.78 is 0. The van der Waals surface area contributed by atoms with Crippen LogP contribution in [0.1, 0.15) is 16.8 Å². The van der Waals surface area contributed by atoms with E-state index in [-0.39, 0.29) is 0 Å². The maximum atomic E-state index is 4.11. The van der Waals surface area contributed by atoms with Gasteiger partial charge in [0.05, 0.1) is 29.5 Å². The van der Waals surface area contributed by atoms with Gasteiger partial charge >= 0.3 is 0 Å². The molecule has 6 heteroatoms. The first-order valence-corrected chi connectivity index (χ1v) is 7.46. The van der Waals surface area contributed by atoms with Gasteiger partial charge in [0.1, 0.15) is 0 Å². The van der Waals surface area contributed by atoms with Crippen LogP contribution in [0, 0.1) is 0 Å². The number of aromatic amines is 1. The van der Waals surface area contributed by atoms with E-state index in [0.717, 1.165) is 33.9 Å². The predicted molar refractivity (Wildman–Crippen MR) is 95.6 cm³/mol. The van der Waals surface area contributed by atoms with Gasteiger partial charge in [0.15, 0.2) is 0 Å². The molecular weight excluding hydrogens is 300 g/mol. The average molecular weight is 318 g/mol. The lowest BCUT2D eigenvalue weighted by atomic mass is 10.2. The van der Waals surface area contributed by atoms with Crippen LogP contribution in [-0.4, -0.2) is 20.2 Å². The third kappa shape index (κ3) is 3.67. The number of H-pyrrole nitrogens is 1. The number of anilines is 1. The Kier molecular flexibility index (Phi) is 4.67. The Balaban J connectivity index is 1.65. The molecular formula is C18H18N6. The zero-order chi connectivity index (χ0) is 16.8. The van der Waals surface area contributed by atoms with Crippen molar-refractivity contribution >= 4 is 17.1 Å². The van der Waals surface area contributed by atoms with Crippen molar-refractivity contribution in [3.63, 3.8) is 0 Å². The summed E-state index contributed by atoms with van der Waals surface area (Å²) in [6, 6.07) is 7.63. The Morgan fingerprint density at radius 3 is 2.50 bits per heavy atom. The number of rotatable bonds is 7. The molecule has 0 amide bonds. The predicted octanol–water partition coefficient (Wildman–Crippen LogP) is 3.04. The molecule has 0 atom stereocenters. The average Bonchev–Trinajstić information content (AvgIpc) is 3.10. The second kappa shape index (κ2) is 7.23. The Bertz CT molecular complexity index is 823. The van der Waals surface area contributed by atoms with Crippen molar-refractivity contribution in [2.24, 2.45) is 0 Å². The molecule has 120 valence electrons. The maximum absolute atomic E-state index is 4.11. The van der Waals surface area contributed by atoms with Gasteiger partial charge in [0.2, 0.25) is 0 Å². The summed E-state index contributed by atoms with van der Waals surface area (Å²) in [4.78, 5) is 8.17. The Labute approximate surface area is 140 Å². The third-order valence-electron chi connectivity index (χ3n) is 3.48. The Morgan fingerprint density at radius 1 is 1.00 bits per heavy atom. The number of aromatic nitrogens is 4. The van der Waals surface area contributed by atoms with Crippen molar-refractivity contribution in [3.8, 4) is 0 Å². The Morgan fingerprint density at radius 2 is 1.79 bits per heavy atom. The second-order valence-corrected chi connectivity index (χ2v) is 5.19. The molecule has 0 radical (unpaired) electrons. The van der Waals surface area contributed by atoms with E-state index in [2.05, 4.69) is 44.0 Å². The number of nitrogens with one attached hydrogen (secondary N) is 3. The largest absolute Gasteiger partial charge is 0.381 e. The summed E-state index contributed by atoms with van der Waals surface area (Å²) in [6.45, 7) is 8.68. The molecule has 0 aliphatic rings. The number of pyridine rings is 2. The summed E-state index contributed by atoms with van der Waals surface area (Å²) in [5.74, 6) is 0. The van der Waals surface area contributed by atoms with Crippen LogP contribution in [0.2, 0.25) is 0 Å². The standard InChI is InChI=1S/C18H18N6/c1-13(15-5-3-7-19-9-15)21-10-16-11-22-24-18(16)14(2)23-17-6-4-8-20-12-17/h3-9,11-12,21,23H,1-2,10H2,(H,22,24). The smallest absolute Gasteiger partial charge is 0.0856 e. The van der Waals surface area contributed by atoms with Crippen LogP contribution in [0.3, 0.4) is 0 Å². The van der Waals surface area contributed by atoms with E-state index in [0.29, 0.717) is 6.54 Å². The van der Waals surface area contributed by atoms with Crippen molar-refractivity contribution in [1.29, 1.82) is 0 Å². The molecule has 3 N–H and O–H groups in total. The van der Waals surface area contributed by atoms with Crippen LogP contribution >= 0.6 is 0 Å². The highest BCUT2D eigenvalue weighted by Crippen LogP contribution is 2.18. The molecule has 0 aromatic carbocycles. The van der Waals surface area contributed by atoms with Crippen LogP contribution in [0.25, 0.3) is 11.4 Å². The van der Waals surface area contributed by atoms with Crippen molar-refractivity contribution in [1.82, 2.24) is 25.5 Å². The minimum Gasteiger partial charge on any atom is -0.381 e. The van der Waals surface area contributed by atoms with Crippen molar-refractivity contribution < 1.29 is 0 Å². The molecule has 0 aliphatic carbocycles. The number of hydrogen-bond donors (Lipinski definition) is 3. The summed E-state index contributed by atoms with van der Waals surface area (Å²) in [6.07, 6.45) is 8.75. The van der Waals surface area contributed by atoms with Crippen molar-refractivity contribution in [2.75, 3.05) is 5.32 Å². The van der Waals surface area contributed by atoms with E-state index in [4.69, 9.17) is 0 Å². The molecule has 3 aromatic heterocycles. The zero-order valence-corrected chi connectivity index (χ0v) is 13.2. The fourth-order valence-corrected chi connectivity index (χ4v) is 2.23. The quantitative estimate of drug-likeness (QED) is 0.624. The molecule has 3 heterocycles. The third-order valence-corrected chi connectivity index (χ3v) is 3.48. The molecule has 0 aliphatic heterocycles. The van der Waals surface area contributed by atoms with Gasteiger partial charge < -0.3 is 10.6 Å². The molecule has 0 spiro atoms. The number of hydrogen-bond acceptors (Lipinski definition) is 5. The highest BCUT2D eigenvalue weighted by Gasteiger charge is 2.09. The summed E-state index contributed by atoms with van der Waals surface area (Å²) in [7, 11) is 0. The topological polar surface area (TPSA) is 78.5 Å². The Hall–Kier alpha value is -3.41. The summed E-state index contributed by atoms with van der Waals surface area (Å²) in [5.41, 5.74) is 5.18. The van der Waals surface area contributed by atoms with E-state index in [1.807, 2.05) is 24.3 Å². The van der Waals surface area contributed by atoms with Gasteiger partial charge in [0.25, 0.3) is 0 Å². The summed E-state index contributed by atoms with van der Waals surface area (Å²) in [5, 5.41) is 13.6. The minimum atomic E-state index is 0.577. The van der Waals surface area contributed by atoms with E-state index in [1.54, 1.807) is 31.0 Å². The van der Waals surface area contributed by atoms with Gasteiger partial charge in [-0.3, -0.25) is 15.1 Å². The van der Waals surface area contributed by atoms with E-state index in [9.17, 15) is 0 Å². The second-order valence-electron chi connectivity index (χ2n) is 5.19. The highest BCUT2D eigenvalue weighted by molar-refractivity contribution is 5.74. The van der Waals surface area contributed by atoms with E-state index < -0.39 is 0 Å². The van der Waals surface area contributed by atoms with Gasteiger partial charge in [0, 0.05) is 42.0 Å². The van der Waals surface area contributed by atoms with Gasteiger partial charge in [-0.2, -0.15) is 5.10 Å². The molecule has 0 saturated carbocycles. The van der Waals surface area contributed by atoms with Crippen LogP contribution in [0.5, 0.6) is 0 Å². The monoisotopic (exact) mass is 318 g/mol. The maximum Gasteiger partial charge on any atom is 0.0856 e. The van der Waals surface area contributed by atoms with E-state index in [1.165, 1.54) is 0 Å². The zero-order valence-electron chi connectivity index (χ0n) is 13.2. The molecule has 3 aromatic rings. The summed E-state index contributed by atoms with van der Waals surface area (Å²) >= 11 is 0. The lowest BCUT2D eigenvalue weighted by molar-refractivity contribution is 0.888. The molecule has 0 fully saturated rings. The number of nitrogens with zero attached hydrogens (tertiary/aromatic N) is 3. The van der Waals surface area contributed by atoms with Crippen LogP contribution in [-0.2, 0) is 6.54 Å². The molecule has 3 rings (SSSR count). The SMILES string of the molecule is C=C(NCc1cn[nH]c1C(=C)Nc1cccnc1)c1cccnc1. The fraction of sp³-hybridized carbons (Fsp3) is 0.0556. The highest BCUT2D eigenvalue weighted by atomic mass is 15.1. The molecule has 0 unspecified atom stereocenters. The van der Waals surface area contributed by atoms with Crippen LogP contribution in [0.4, 0.5) is 5.69 Å². The normalized spacial score (nSPS) is 10.2. The molecule has 0 saturated heterocycles. The lowest BCUT2D eigenvalue weighted by Crippen LogP contribution is -2.12. The van der Waals surface area contributed by atoms with Crippen LogP contribution < -0.4 is 10.6 Å².